The molecule has 0 amide bonds. The maximum absolute atomic E-state index is 7.46. The van der Waals surface area contributed by atoms with Crippen molar-refractivity contribution in [2.45, 2.75) is 58.2 Å². The SMILES string of the molecule is CC(C)C1CC(O[Si](c2ccccc2)(c2ccccc2)C(C)(C)C)CN1c1ccccc1. The molecule has 4 rings (SSSR count). The van der Waals surface area contributed by atoms with E-state index < -0.39 is 8.32 Å². The molecule has 0 aromatic heterocycles. The Balaban J connectivity index is 1.77. The van der Waals surface area contributed by atoms with E-state index in [-0.39, 0.29) is 11.1 Å². The molecule has 1 fully saturated rings. The molecule has 3 aromatic carbocycles. The van der Waals surface area contributed by atoms with Gasteiger partial charge in [-0.3, -0.25) is 0 Å². The zero-order valence-electron chi connectivity index (χ0n) is 20.2. The summed E-state index contributed by atoms with van der Waals surface area (Å²) in [6, 6.07) is 33.4. The Hall–Kier alpha value is -2.36. The van der Waals surface area contributed by atoms with Crippen molar-refractivity contribution < 1.29 is 4.43 Å². The minimum absolute atomic E-state index is 0.00318. The van der Waals surface area contributed by atoms with Crippen LogP contribution in [0.3, 0.4) is 0 Å². The normalized spacial score (nSPS) is 19.5. The van der Waals surface area contributed by atoms with E-state index in [0.717, 1.165) is 13.0 Å². The molecule has 0 saturated carbocycles. The van der Waals surface area contributed by atoms with Crippen LogP contribution in [0.2, 0.25) is 5.04 Å². The molecule has 168 valence electrons. The lowest BCUT2D eigenvalue weighted by molar-refractivity contribution is 0.202. The number of para-hydroxylation sites is 1. The summed E-state index contributed by atoms with van der Waals surface area (Å²) in [5.41, 5.74) is 1.31. The van der Waals surface area contributed by atoms with Crippen LogP contribution in [-0.4, -0.2) is 27.0 Å². The van der Waals surface area contributed by atoms with E-state index in [1.54, 1.807) is 0 Å². The molecule has 0 N–H and O–H groups in total. The fourth-order valence-electron chi connectivity index (χ4n) is 5.40. The van der Waals surface area contributed by atoms with Crippen molar-refractivity contribution in [1.29, 1.82) is 0 Å². The molecular formula is C29H37NOSi. The van der Waals surface area contributed by atoms with Crippen LogP contribution in [0.25, 0.3) is 0 Å². The van der Waals surface area contributed by atoms with Crippen LogP contribution < -0.4 is 15.3 Å². The van der Waals surface area contributed by atoms with Gasteiger partial charge in [-0.25, -0.2) is 0 Å². The molecule has 2 atom stereocenters. The molecule has 1 aliphatic heterocycles. The maximum atomic E-state index is 7.46. The van der Waals surface area contributed by atoms with Gasteiger partial charge in [0.2, 0.25) is 0 Å². The molecule has 32 heavy (non-hydrogen) atoms. The van der Waals surface area contributed by atoms with E-state index in [0.29, 0.717) is 12.0 Å². The Labute approximate surface area is 195 Å². The molecule has 3 heteroatoms. The number of rotatable bonds is 6. The molecule has 2 nitrogen and oxygen atoms in total. The zero-order valence-corrected chi connectivity index (χ0v) is 21.2. The van der Waals surface area contributed by atoms with Gasteiger partial charge in [-0.1, -0.05) is 113 Å². The Morgan fingerprint density at radius 2 is 1.25 bits per heavy atom. The standard InChI is InChI=1S/C29H37NOSi/c1-23(2)28-21-25(22-30(28)24-15-9-6-10-16-24)31-32(29(3,4)5,26-17-11-7-12-18-26)27-19-13-8-14-20-27/h6-20,23,25,28H,21-22H2,1-5H3. The highest BCUT2D eigenvalue weighted by atomic mass is 28.4. The molecule has 0 bridgehead atoms. The smallest absolute Gasteiger partial charge is 0.261 e. The summed E-state index contributed by atoms with van der Waals surface area (Å²) in [6.07, 6.45) is 1.27. The first-order valence-electron chi connectivity index (χ1n) is 11.9. The van der Waals surface area contributed by atoms with Crippen LogP contribution in [0.15, 0.2) is 91.0 Å². The second-order valence-electron chi connectivity index (χ2n) is 10.4. The summed E-state index contributed by atoms with van der Waals surface area (Å²) in [7, 11) is -2.54. The second kappa shape index (κ2) is 9.25. The van der Waals surface area contributed by atoms with Gasteiger partial charge in [-0.15, -0.1) is 0 Å². The molecule has 1 aliphatic rings. The lowest BCUT2D eigenvalue weighted by Gasteiger charge is -2.44. The first-order chi connectivity index (χ1) is 15.3. The molecule has 3 aromatic rings. The highest BCUT2D eigenvalue weighted by Gasteiger charge is 2.52. The Morgan fingerprint density at radius 1 is 0.781 bits per heavy atom. The lowest BCUT2D eigenvalue weighted by atomic mass is 10.0. The molecule has 0 radical (unpaired) electrons. The van der Waals surface area contributed by atoms with E-state index in [1.807, 2.05) is 0 Å². The van der Waals surface area contributed by atoms with Crippen LogP contribution in [0.4, 0.5) is 5.69 Å². The van der Waals surface area contributed by atoms with E-state index in [2.05, 4.69) is 131 Å². The highest BCUT2D eigenvalue weighted by molar-refractivity contribution is 6.99. The zero-order chi connectivity index (χ0) is 22.8. The van der Waals surface area contributed by atoms with Crippen molar-refractivity contribution in [2.24, 2.45) is 5.92 Å². The first-order valence-corrected chi connectivity index (χ1v) is 13.8. The predicted octanol–water partition coefficient (Wildman–Crippen LogP) is 5.87. The predicted molar refractivity (Wildman–Crippen MR) is 140 cm³/mol. The number of hydrogen-bond acceptors (Lipinski definition) is 2. The summed E-state index contributed by atoms with van der Waals surface area (Å²) >= 11 is 0. The van der Waals surface area contributed by atoms with Crippen molar-refractivity contribution in [3.05, 3.63) is 91.0 Å². The molecule has 0 spiro atoms. The Morgan fingerprint density at radius 3 is 1.69 bits per heavy atom. The summed E-state index contributed by atoms with van der Waals surface area (Å²) in [4.78, 5) is 2.58. The van der Waals surface area contributed by atoms with Gasteiger partial charge < -0.3 is 9.33 Å². The van der Waals surface area contributed by atoms with Gasteiger partial charge in [0.25, 0.3) is 8.32 Å². The van der Waals surface area contributed by atoms with Crippen molar-refractivity contribution in [3.63, 3.8) is 0 Å². The molecule has 1 heterocycles. The minimum Gasteiger partial charge on any atom is -0.403 e. The second-order valence-corrected chi connectivity index (χ2v) is 14.7. The molecule has 2 unspecified atom stereocenters. The summed E-state index contributed by atoms with van der Waals surface area (Å²) in [5, 5.41) is 2.72. The fraction of sp³-hybridized carbons (Fsp3) is 0.379. The van der Waals surface area contributed by atoms with Crippen molar-refractivity contribution >= 4 is 24.4 Å². The quantitative estimate of drug-likeness (QED) is 0.442. The van der Waals surface area contributed by atoms with Gasteiger partial charge in [0.05, 0.1) is 6.10 Å². The van der Waals surface area contributed by atoms with E-state index >= 15 is 0 Å². The van der Waals surface area contributed by atoms with Gasteiger partial charge in [0.1, 0.15) is 0 Å². The lowest BCUT2D eigenvalue weighted by Crippen LogP contribution is -2.67. The maximum Gasteiger partial charge on any atom is 0.261 e. The molecule has 1 saturated heterocycles. The van der Waals surface area contributed by atoms with Gasteiger partial charge in [-0.2, -0.15) is 0 Å². The average molecular weight is 444 g/mol. The van der Waals surface area contributed by atoms with Gasteiger partial charge in [-0.05, 0) is 39.9 Å². The van der Waals surface area contributed by atoms with Crippen molar-refractivity contribution in [2.75, 3.05) is 11.4 Å². The van der Waals surface area contributed by atoms with Crippen molar-refractivity contribution in [1.82, 2.24) is 0 Å². The third kappa shape index (κ3) is 4.29. The van der Waals surface area contributed by atoms with Gasteiger partial charge in [0.15, 0.2) is 0 Å². The Kier molecular flexibility index (Phi) is 6.59. The van der Waals surface area contributed by atoms with Crippen LogP contribution >= 0.6 is 0 Å². The third-order valence-electron chi connectivity index (χ3n) is 6.92. The van der Waals surface area contributed by atoms with E-state index in [1.165, 1.54) is 16.1 Å². The minimum atomic E-state index is -2.54. The van der Waals surface area contributed by atoms with Crippen LogP contribution in [0, 0.1) is 5.92 Å². The highest BCUT2D eigenvalue weighted by Crippen LogP contribution is 2.40. The third-order valence-corrected chi connectivity index (χ3v) is 12.0. The van der Waals surface area contributed by atoms with Crippen LogP contribution in [-0.2, 0) is 4.43 Å². The molecule has 0 aliphatic carbocycles. The molecular weight excluding hydrogens is 406 g/mol. The topological polar surface area (TPSA) is 12.5 Å². The summed E-state index contributed by atoms with van der Waals surface area (Å²) < 4.78 is 7.46. The van der Waals surface area contributed by atoms with Crippen LogP contribution in [0.5, 0.6) is 0 Å². The monoisotopic (exact) mass is 443 g/mol. The van der Waals surface area contributed by atoms with Gasteiger partial charge >= 0.3 is 0 Å². The number of nitrogens with zero attached hydrogens (tertiary/aromatic N) is 1. The summed E-state index contributed by atoms with van der Waals surface area (Å²) in [5.74, 6) is 0.572. The number of benzene rings is 3. The van der Waals surface area contributed by atoms with E-state index in [9.17, 15) is 0 Å². The van der Waals surface area contributed by atoms with Crippen molar-refractivity contribution in [3.8, 4) is 0 Å². The van der Waals surface area contributed by atoms with Gasteiger partial charge in [0, 0.05) is 18.3 Å². The average Bonchev–Trinajstić information content (AvgIpc) is 3.23. The fourth-order valence-corrected chi connectivity index (χ4v) is 10.1. The van der Waals surface area contributed by atoms with Crippen LogP contribution in [0.1, 0.15) is 41.0 Å². The summed E-state index contributed by atoms with van der Waals surface area (Å²) in [6.45, 7) is 12.7. The first kappa shape index (κ1) is 22.8. The number of anilines is 1. The Bertz CT molecular complexity index is 942. The van der Waals surface area contributed by atoms with E-state index in [4.69, 9.17) is 4.43 Å². The largest absolute Gasteiger partial charge is 0.403 e. The number of hydrogen-bond donors (Lipinski definition) is 0.